The Hall–Kier alpha value is -1.52. The highest BCUT2D eigenvalue weighted by Gasteiger charge is 2.37. The molecule has 1 unspecified atom stereocenters. The van der Waals surface area contributed by atoms with E-state index in [0.29, 0.717) is 5.56 Å². The lowest BCUT2D eigenvalue weighted by atomic mass is 10.1. The first-order valence-corrected chi connectivity index (χ1v) is 11.1. The van der Waals surface area contributed by atoms with Crippen LogP contribution in [-0.4, -0.2) is 13.2 Å². The van der Waals surface area contributed by atoms with Gasteiger partial charge in [-0.3, -0.25) is 4.57 Å². The topological polar surface area (TPSA) is 35.5 Å². The van der Waals surface area contributed by atoms with E-state index < -0.39 is 13.5 Å². The molecule has 1 aromatic heterocycles. The van der Waals surface area contributed by atoms with E-state index in [1.807, 2.05) is 24.3 Å². The van der Waals surface area contributed by atoms with E-state index in [0.717, 1.165) is 16.5 Å². The normalized spacial score (nSPS) is 13.2. The molecule has 3 nitrogen and oxygen atoms in total. The first-order chi connectivity index (χ1) is 12.6. The molecule has 3 rings (SSSR count). The summed E-state index contributed by atoms with van der Waals surface area (Å²) in [5, 5.41) is 0.945. The number of hydrogen-bond donors (Lipinski definition) is 0. The first kappa shape index (κ1) is 19.2. The van der Waals surface area contributed by atoms with Crippen molar-refractivity contribution in [2.24, 2.45) is 0 Å². The average molecular weight is 392 g/mol. The summed E-state index contributed by atoms with van der Waals surface area (Å²) in [6, 6.07) is 17.6. The molecular weight excluding hydrogens is 370 g/mol. The number of thiophene rings is 1. The molecule has 0 saturated carbocycles. The Bertz CT molecular complexity index is 900. The Morgan fingerprint density at radius 3 is 2.38 bits per heavy atom. The van der Waals surface area contributed by atoms with E-state index in [9.17, 15) is 8.96 Å². The van der Waals surface area contributed by atoms with Crippen molar-refractivity contribution in [1.82, 2.24) is 0 Å². The predicted molar refractivity (Wildman–Crippen MR) is 106 cm³/mol. The second-order valence-electron chi connectivity index (χ2n) is 5.88. The first-order valence-electron chi connectivity index (χ1n) is 8.65. The fourth-order valence-electron chi connectivity index (χ4n) is 2.86. The van der Waals surface area contributed by atoms with Crippen LogP contribution in [0, 0.1) is 0 Å². The third-order valence-corrected chi connectivity index (χ3v) is 7.19. The van der Waals surface area contributed by atoms with Gasteiger partial charge >= 0.3 is 7.60 Å². The van der Waals surface area contributed by atoms with Crippen molar-refractivity contribution in [3.8, 4) is 0 Å². The van der Waals surface area contributed by atoms with Crippen molar-refractivity contribution in [3.05, 3.63) is 70.6 Å². The number of alkyl halides is 1. The standard InChI is InChI=1S/C20H22FO3PS/c1-3-23-25(22,24-4-2)20(21)16-10-11-19-17(13-16)14-18(26-19)12-15-8-6-5-7-9-15/h5-11,13-14,20H,3-4,12H2,1-2H3. The SMILES string of the molecule is CCOP(=O)(OCC)C(F)c1ccc2sc(Cc3ccccc3)cc2c1. The molecule has 26 heavy (non-hydrogen) atoms. The highest BCUT2D eigenvalue weighted by molar-refractivity contribution is 7.54. The second-order valence-corrected chi connectivity index (χ2v) is 9.10. The zero-order valence-corrected chi connectivity index (χ0v) is 16.6. The van der Waals surface area contributed by atoms with E-state index in [2.05, 4.69) is 18.2 Å². The summed E-state index contributed by atoms with van der Waals surface area (Å²) in [5.41, 5.74) is 1.56. The molecule has 1 heterocycles. The lowest BCUT2D eigenvalue weighted by molar-refractivity contribution is 0.190. The number of fused-ring (bicyclic) bond motifs is 1. The van der Waals surface area contributed by atoms with Crippen LogP contribution < -0.4 is 0 Å². The smallest absolute Gasteiger partial charge is 0.307 e. The molecule has 0 saturated heterocycles. The Balaban J connectivity index is 1.87. The summed E-state index contributed by atoms with van der Waals surface area (Å²) in [5.74, 6) is -1.79. The molecule has 0 aliphatic rings. The predicted octanol–water partition coefficient (Wildman–Crippen LogP) is 6.73. The molecule has 1 atom stereocenters. The summed E-state index contributed by atoms with van der Waals surface area (Å²) >= 11 is 1.69. The molecule has 0 amide bonds. The van der Waals surface area contributed by atoms with Gasteiger partial charge in [0.15, 0.2) is 0 Å². The average Bonchev–Trinajstić information content (AvgIpc) is 3.03. The highest BCUT2D eigenvalue weighted by Crippen LogP contribution is 2.61. The number of benzene rings is 2. The fourth-order valence-corrected chi connectivity index (χ4v) is 5.52. The van der Waals surface area contributed by atoms with Gasteiger partial charge in [-0.2, -0.15) is 0 Å². The van der Waals surface area contributed by atoms with Crippen molar-refractivity contribution in [3.63, 3.8) is 0 Å². The van der Waals surface area contributed by atoms with Gasteiger partial charge < -0.3 is 9.05 Å². The van der Waals surface area contributed by atoms with E-state index in [1.165, 1.54) is 10.4 Å². The zero-order valence-electron chi connectivity index (χ0n) is 14.9. The van der Waals surface area contributed by atoms with Crippen LogP contribution in [0.25, 0.3) is 10.1 Å². The maximum absolute atomic E-state index is 14.9. The van der Waals surface area contributed by atoms with Gasteiger partial charge in [0.05, 0.1) is 13.2 Å². The summed E-state index contributed by atoms with van der Waals surface area (Å²) in [6.45, 7) is 3.63. The van der Waals surface area contributed by atoms with Gasteiger partial charge in [-0.15, -0.1) is 11.3 Å². The largest absolute Gasteiger partial charge is 0.369 e. The van der Waals surface area contributed by atoms with Crippen molar-refractivity contribution in [2.45, 2.75) is 26.2 Å². The maximum atomic E-state index is 14.9. The molecule has 0 aliphatic carbocycles. The van der Waals surface area contributed by atoms with Crippen molar-refractivity contribution in [1.29, 1.82) is 0 Å². The van der Waals surface area contributed by atoms with Crippen LogP contribution in [0.2, 0.25) is 0 Å². The number of hydrogen-bond acceptors (Lipinski definition) is 4. The third kappa shape index (κ3) is 4.24. The van der Waals surface area contributed by atoms with Crippen LogP contribution in [0.3, 0.4) is 0 Å². The maximum Gasteiger partial charge on any atom is 0.369 e. The van der Waals surface area contributed by atoms with Gasteiger partial charge in [-0.1, -0.05) is 36.4 Å². The van der Waals surface area contributed by atoms with Crippen molar-refractivity contribution < 1.29 is 18.0 Å². The molecule has 0 spiro atoms. The minimum atomic E-state index is -3.82. The summed E-state index contributed by atoms with van der Waals surface area (Å²) in [6.07, 6.45) is 0.838. The van der Waals surface area contributed by atoms with Crippen LogP contribution in [0.4, 0.5) is 4.39 Å². The number of halogens is 1. The lowest BCUT2D eigenvalue weighted by Crippen LogP contribution is -2.02. The van der Waals surface area contributed by atoms with Crippen LogP contribution in [0.1, 0.15) is 35.8 Å². The van der Waals surface area contributed by atoms with Crippen LogP contribution >= 0.6 is 18.9 Å². The van der Waals surface area contributed by atoms with Gasteiger partial charge in [0.2, 0.25) is 5.91 Å². The van der Waals surface area contributed by atoms with E-state index in [4.69, 9.17) is 9.05 Å². The molecule has 0 N–H and O–H groups in total. The Labute approximate surface area is 157 Å². The molecule has 0 bridgehead atoms. The van der Waals surface area contributed by atoms with Crippen LogP contribution in [0.15, 0.2) is 54.6 Å². The van der Waals surface area contributed by atoms with E-state index in [1.54, 1.807) is 37.3 Å². The molecule has 2 aromatic carbocycles. The minimum Gasteiger partial charge on any atom is -0.307 e. The van der Waals surface area contributed by atoms with Gasteiger partial charge in [-0.25, -0.2) is 4.39 Å². The van der Waals surface area contributed by atoms with Gasteiger partial charge in [-0.05, 0) is 48.6 Å². The molecule has 0 radical (unpaired) electrons. The fraction of sp³-hybridized carbons (Fsp3) is 0.300. The number of rotatable bonds is 8. The molecule has 0 fully saturated rings. The summed E-state index contributed by atoms with van der Waals surface area (Å²) < 4.78 is 39.0. The molecular formula is C20H22FO3PS. The zero-order chi connectivity index (χ0) is 18.6. The monoisotopic (exact) mass is 392 g/mol. The molecule has 6 heteroatoms. The molecule has 0 aliphatic heterocycles. The second kappa shape index (κ2) is 8.45. The van der Waals surface area contributed by atoms with Crippen LogP contribution in [-0.2, 0) is 20.0 Å². The minimum absolute atomic E-state index is 0.139. The molecule has 138 valence electrons. The highest BCUT2D eigenvalue weighted by atomic mass is 32.1. The third-order valence-electron chi connectivity index (χ3n) is 3.98. The van der Waals surface area contributed by atoms with Gasteiger partial charge in [0.25, 0.3) is 0 Å². The van der Waals surface area contributed by atoms with Crippen molar-refractivity contribution in [2.75, 3.05) is 13.2 Å². The summed E-state index contributed by atoms with van der Waals surface area (Å²) in [4.78, 5) is 1.21. The van der Waals surface area contributed by atoms with Crippen molar-refractivity contribution >= 4 is 29.0 Å². The Morgan fingerprint density at radius 2 is 1.73 bits per heavy atom. The van der Waals surface area contributed by atoms with Gasteiger partial charge in [0.1, 0.15) is 0 Å². The Kier molecular flexibility index (Phi) is 6.25. The summed E-state index contributed by atoms with van der Waals surface area (Å²) in [7, 11) is -3.82. The van der Waals surface area contributed by atoms with Gasteiger partial charge in [0, 0.05) is 16.0 Å². The van der Waals surface area contributed by atoms with Crippen LogP contribution in [0.5, 0.6) is 0 Å². The van der Waals surface area contributed by atoms with E-state index >= 15 is 0 Å². The quantitative estimate of drug-likeness (QED) is 0.399. The Morgan fingerprint density at radius 1 is 1.04 bits per heavy atom. The molecule has 3 aromatic rings. The van der Waals surface area contributed by atoms with E-state index in [-0.39, 0.29) is 13.2 Å². The lowest BCUT2D eigenvalue weighted by Gasteiger charge is -2.20.